The van der Waals surface area contributed by atoms with Crippen molar-refractivity contribution in [3.63, 3.8) is 0 Å². The third-order valence-corrected chi connectivity index (χ3v) is 4.19. The van der Waals surface area contributed by atoms with Gasteiger partial charge in [0.1, 0.15) is 5.69 Å². The van der Waals surface area contributed by atoms with E-state index < -0.39 is 6.04 Å². The number of nitrogens with zero attached hydrogens (tertiary/aromatic N) is 1. The molecule has 3 aromatic rings. The fourth-order valence-electron chi connectivity index (χ4n) is 2.76. The van der Waals surface area contributed by atoms with Crippen molar-refractivity contribution in [3.05, 3.63) is 65.4 Å². The van der Waals surface area contributed by atoms with Crippen LogP contribution in [0.4, 0.5) is 0 Å². The lowest BCUT2D eigenvalue weighted by molar-refractivity contribution is -0.141. The van der Waals surface area contributed by atoms with Gasteiger partial charge in [-0.1, -0.05) is 47.1 Å². The smallest absolute Gasteiger partial charge is 0.307 e. The maximum absolute atomic E-state index is 12.5. The highest BCUT2D eigenvalue weighted by molar-refractivity contribution is 5.86. The zero-order chi connectivity index (χ0) is 18.5. The van der Waals surface area contributed by atoms with Gasteiger partial charge in [-0.05, 0) is 24.6 Å². The van der Waals surface area contributed by atoms with Crippen LogP contribution < -0.4 is 5.32 Å². The summed E-state index contributed by atoms with van der Waals surface area (Å²) < 4.78 is 9.98. The van der Waals surface area contributed by atoms with E-state index >= 15 is 0 Å². The summed E-state index contributed by atoms with van der Waals surface area (Å²) in [6.07, 6.45) is 0.130. The van der Waals surface area contributed by atoms with Gasteiger partial charge in [0, 0.05) is 5.39 Å². The van der Waals surface area contributed by atoms with Crippen molar-refractivity contribution in [2.24, 2.45) is 0 Å². The molecule has 1 atom stereocenters. The van der Waals surface area contributed by atoms with E-state index in [9.17, 15) is 9.59 Å². The first-order valence-corrected chi connectivity index (χ1v) is 8.33. The van der Waals surface area contributed by atoms with Gasteiger partial charge in [-0.3, -0.25) is 9.59 Å². The van der Waals surface area contributed by atoms with Crippen LogP contribution in [0.2, 0.25) is 0 Å². The molecule has 6 nitrogen and oxygen atoms in total. The maximum atomic E-state index is 12.5. The molecule has 0 aliphatic carbocycles. The van der Waals surface area contributed by atoms with Crippen molar-refractivity contribution < 1.29 is 18.8 Å². The van der Waals surface area contributed by atoms with Crippen LogP contribution in [-0.4, -0.2) is 24.1 Å². The Morgan fingerprint density at radius 3 is 2.62 bits per heavy atom. The minimum absolute atomic E-state index is 0.0604. The van der Waals surface area contributed by atoms with Crippen LogP contribution in [0.25, 0.3) is 11.0 Å². The number of ether oxygens (including phenoxy) is 1. The Bertz CT molecular complexity index is 915. The number of carbonyl (C=O) groups excluding carboxylic acids is 2. The maximum Gasteiger partial charge on any atom is 0.307 e. The van der Waals surface area contributed by atoms with E-state index in [1.165, 1.54) is 7.11 Å². The van der Waals surface area contributed by atoms with Crippen molar-refractivity contribution in [2.45, 2.75) is 25.8 Å². The Morgan fingerprint density at radius 2 is 1.88 bits per heavy atom. The number of aromatic nitrogens is 1. The number of carbonyl (C=O) groups is 2. The normalized spacial score (nSPS) is 11.9. The van der Waals surface area contributed by atoms with Crippen LogP contribution in [0.15, 0.2) is 53.1 Å². The van der Waals surface area contributed by atoms with Crippen molar-refractivity contribution in [1.29, 1.82) is 0 Å². The fourth-order valence-corrected chi connectivity index (χ4v) is 2.76. The molecule has 1 N–H and O–H groups in total. The molecule has 0 unspecified atom stereocenters. The van der Waals surface area contributed by atoms with Gasteiger partial charge >= 0.3 is 5.97 Å². The number of hydrogen-bond acceptors (Lipinski definition) is 5. The van der Waals surface area contributed by atoms with E-state index in [0.717, 1.165) is 16.5 Å². The summed E-state index contributed by atoms with van der Waals surface area (Å²) in [5.41, 5.74) is 3.16. The van der Waals surface area contributed by atoms with E-state index in [4.69, 9.17) is 9.26 Å². The first-order chi connectivity index (χ1) is 12.6. The van der Waals surface area contributed by atoms with E-state index in [-0.39, 0.29) is 24.7 Å². The second-order valence-corrected chi connectivity index (χ2v) is 6.11. The predicted octanol–water partition coefficient (Wildman–Crippen LogP) is 3.10. The number of nitrogens with one attached hydrogen (secondary N) is 1. The van der Waals surface area contributed by atoms with Crippen LogP contribution in [0.3, 0.4) is 0 Å². The van der Waals surface area contributed by atoms with Gasteiger partial charge in [0.25, 0.3) is 0 Å². The Morgan fingerprint density at radius 1 is 1.15 bits per heavy atom. The van der Waals surface area contributed by atoms with Crippen LogP contribution in [0.5, 0.6) is 0 Å². The van der Waals surface area contributed by atoms with Crippen LogP contribution in [-0.2, 0) is 20.7 Å². The average molecular weight is 352 g/mol. The molecule has 3 rings (SSSR count). The summed E-state index contributed by atoms with van der Waals surface area (Å²) >= 11 is 0. The average Bonchev–Trinajstić information content (AvgIpc) is 3.04. The number of hydrogen-bond donors (Lipinski definition) is 1. The SMILES string of the molecule is COC(=O)C[C@H](NC(=O)Cc1noc2ccccc12)c1ccc(C)cc1. The summed E-state index contributed by atoms with van der Waals surface area (Å²) in [7, 11) is 1.33. The topological polar surface area (TPSA) is 81.4 Å². The lowest BCUT2D eigenvalue weighted by atomic mass is 10.0. The second-order valence-electron chi connectivity index (χ2n) is 6.11. The van der Waals surface area contributed by atoms with Gasteiger partial charge in [-0.2, -0.15) is 0 Å². The molecule has 0 saturated carbocycles. The lowest BCUT2D eigenvalue weighted by Gasteiger charge is -2.18. The molecule has 1 heterocycles. The van der Waals surface area contributed by atoms with Crippen molar-refractivity contribution >= 4 is 22.8 Å². The molecule has 134 valence electrons. The molecular formula is C20H20N2O4. The Balaban J connectivity index is 1.76. The second kappa shape index (κ2) is 7.82. The molecule has 0 spiro atoms. The quantitative estimate of drug-likeness (QED) is 0.690. The van der Waals surface area contributed by atoms with Crippen molar-refractivity contribution in [3.8, 4) is 0 Å². The van der Waals surface area contributed by atoms with Crippen LogP contribution >= 0.6 is 0 Å². The standard InChI is InChI=1S/C20H20N2O4/c1-13-7-9-14(10-8-13)16(12-20(24)25-2)21-19(23)11-17-15-5-3-4-6-18(15)26-22-17/h3-10,16H,11-12H2,1-2H3,(H,21,23)/t16-/m0/s1. The zero-order valence-electron chi connectivity index (χ0n) is 14.7. The van der Waals surface area contributed by atoms with Gasteiger partial charge in [0.2, 0.25) is 5.91 Å². The van der Waals surface area contributed by atoms with E-state index in [1.807, 2.05) is 49.4 Å². The highest BCUT2D eigenvalue weighted by Crippen LogP contribution is 2.21. The molecule has 2 aromatic carbocycles. The van der Waals surface area contributed by atoms with Crippen molar-refractivity contribution in [1.82, 2.24) is 10.5 Å². The summed E-state index contributed by atoms with van der Waals surface area (Å²) in [4.78, 5) is 24.3. The first-order valence-electron chi connectivity index (χ1n) is 8.33. The van der Waals surface area contributed by atoms with Gasteiger partial charge in [0.05, 0.1) is 26.0 Å². The van der Waals surface area contributed by atoms with Gasteiger partial charge < -0.3 is 14.6 Å². The number of fused-ring (bicyclic) bond motifs is 1. The molecule has 1 amide bonds. The molecule has 6 heteroatoms. The largest absolute Gasteiger partial charge is 0.469 e. The third kappa shape index (κ3) is 4.08. The number of benzene rings is 2. The summed E-state index contributed by atoms with van der Waals surface area (Å²) in [6, 6.07) is 14.6. The van der Waals surface area contributed by atoms with E-state index in [0.29, 0.717) is 11.3 Å². The highest BCUT2D eigenvalue weighted by Gasteiger charge is 2.20. The van der Waals surface area contributed by atoms with Gasteiger partial charge in [-0.15, -0.1) is 0 Å². The molecular weight excluding hydrogens is 332 g/mol. The van der Waals surface area contributed by atoms with Gasteiger partial charge in [0.15, 0.2) is 5.58 Å². The number of esters is 1. The minimum atomic E-state index is -0.464. The van der Waals surface area contributed by atoms with Crippen molar-refractivity contribution in [2.75, 3.05) is 7.11 Å². The Hall–Kier alpha value is -3.15. The highest BCUT2D eigenvalue weighted by atomic mass is 16.5. The summed E-state index contributed by atoms with van der Waals surface area (Å²) in [6.45, 7) is 1.98. The molecule has 0 radical (unpaired) electrons. The Kier molecular flexibility index (Phi) is 5.31. The molecule has 0 bridgehead atoms. The first kappa shape index (κ1) is 17.7. The predicted molar refractivity (Wildman–Crippen MR) is 96.4 cm³/mol. The number of methoxy groups -OCH3 is 1. The molecule has 1 aromatic heterocycles. The molecule has 0 saturated heterocycles. The van der Waals surface area contributed by atoms with Crippen LogP contribution in [0, 0.1) is 6.92 Å². The number of para-hydroxylation sites is 1. The monoisotopic (exact) mass is 352 g/mol. The minimum Gasteiger partial charge on any atom is -0.469 e. The molecule has 0 fully saturated rings. The summed E-state index contributed by atoms with van der Waals surface area (Å²) in [5, 5.41) is 7.68. The molecule has 0 aliphatic heterocycles. The number of aryl methyl sites for hydroxylation is 1. The number of rotatable bonds is 6. The van der Waals surface area contributed by atoms with Crippen LogP contribution in [0.1, 0.15) is 29.3 Å². The molecule has 0 aliphatic rings. The number of amides is 1. The Labute approximate surface area is 151 Å². The van der Waals surface area contributed by atoms with E-state index in [1.54, 1.807) is 6.07 Å². The fraction of sp³-hybridized carbons (Fsp3) is 0.250. The van der Waals surface area contributed by atoms with Gasteiger partial charge in [-0.25, -0.2) is 0 Å². The lowest BCUT2D eigenvalue weighted by Crippen LogP contribution is -2.31. The van der Waals surface area contributed by atoms with E-state index in [2.05, 4.69) is 10.5 Å². The summed E-state index contributed by atoms with van der Waals surface area (Å²) in [5.74, 6) is -0.624. The molecule has 26 heavy (non-hydrogen) atoms. The zero-order valence-corrected chi connectivity index (χ0v) is 14.7. The third-order valence-electron chi connectivity index (χ3n) is 4.19.